The lowest BCUT2D eigenvalue weighted by molar-refractivity contribution is -0.144. The Hall–Kier alpha value is -2.21. The fourth-order valence-electron chi connectivity index (χ4n) is 3.17. The van der Waals surface area contributed by atoms with Crippen LogP contribution in [0.25, 0.3) is 0 Å². The van der Waals surface area contributed by atoms with E-state index in [1.807, 2.05) is 53.8 Å². The maximum atomic E-state index is 12.7. The molecular formula is C18H24N4O2. The number of nitrogens with zero attached hydrogens (tertiary/aromatic N) is 4. The molecule has 2 heterocycles. The topological polar surface area (TPSA) is 60.2 Å². The van der Waals surface area contributed by atoms with Gasteiger partial charge in [-0.3, -0.25) is 4.79 Å². The lowest BCUT2D eigenvalue weighted by Gasteiger charge is -2.33. The summed E-state index contributed by atoms with van der Waals surface area (Å²) in [5.41, 5.74) is 1.08. The summed E-state index contributed by atoms with van der Waals surface area (Å²) in [7, 11) is 1.95. The van der Waals surface area contributed by atoms with Crippen LogP contribution in [0.5, 0.6) is 0 Å². The van der Waals surface area contributed by atoms with Gasteiger partial charge < -0.3 is 14.2 Å². The number of ether oxygens (including phenoxy) is 1. The molecule has 2 atom stereocenters. The highest BCUT2D eigenvalue weighted by Crippen LogP contribution is 2.25. The third-order valence-electron chi connectivity index (χ3n) is 4.54. The average Bonchev–Trinajstić information content (AvgIpc) is 3.06. The lowest BCUT2D eigenvalue weighted by atomic mass is 9.97. The molecule has 1 saturated heterocycles. The molecule has 1 aromatic heterocycles. The number of aromatic nitrogens is 3. The molecule has 0 radical (unpaired) electrons. The van der Waals surface area contributed by atoms with E-state index in [2.05, 4.69) is 10.2 Å². The lowest BCUT2D eigenvalue weighted by Crippen LogP contribution is -2.44. The van der Waals surface area contributed by atoms with Crippen molar-refractivity contribution < 1.29 is 9.53 Å². The Morgan fingerprint density at radius 2 is 2.17 bits per heavy atom. The van der Waals surface area contributed by atoms with Gasteiger partial charge in [0.05, 0.1) is 6.61 Å². The standard InChI is InChI=1S/C18H24N4O2/c1-14(24-12-15-7-4-3-5-8-15)18(23)22-10-6-9-16(11-22)17-20-19-13-21(17)2/h3-5,7-8,13-14,16H,6,9-12H2,1-2H3. The summed E-state index contributed by atoms with van der Waals surface area (Å²) in [6.07, 6.45) is 3.29. The largest absolute Gasteiger partial charge is 0.364 e. The third kappa shape index (κ3) is 3.82. The van der Waals surface area contributed by atoms with Crippen LogP contribution in [0.1, 0.15) is 37.1 Å². The highest BCUT2D eigenvalue weighted by Gasteiger charge is 2.29. The zero-order valence-corrected chi connectivity index (χ0v) is 14.3. The van der Waals surface area contributed by atoms with Gasteiger partial charge in [-0.1, -0.05) is 30.3 Å². The van der Waals surface area contributed by atoms with Gasteiger partial charge in [-0.2, -0.15) is 0 Å². The van der Waals surface area contributed by atoms with Crippen LogP contribution in [0.4, 0.5) is 0 Å². The van der Waals surface area contributed by atoms with E-state index in [1.165, 1.54) is 0 Å². The minimum Gasteiger partial charge on any atom is -0.364 e. The van der Waals surface area contributed by atoms with E-state index in [0.29, 0.717) is 13.2 Å². The van der Waals surface area contributed by atoms with Crippen LogP contribution in [0.2, 0.25) is 0 Å². The highest BCUT2D eigenvalue weighted by molar-refractivity contribution is 5.80. The first kappa shape index (κ1) is 16.6. The molecule has 1 amide bonds. The minimum atomic E-state index is -0.441. The maximum Gasteiger partial charge on any atom is 0.251 e. The van der Waals surface area contributed by atoms with Gasteiger partial charge in [0.2, 0.25) is 0 Å². The summed E-state index contributed by atoms with van der Waals surface area (Å²) in [5.74, 6) is 1.25. The summed E-state index contributed by atoms with van der Waals surface area (Å²) >= 11 is 0. The van der Waals surface area contributed by atoms with Crippen molar-refractivity contribution in [3.63, 3.8) is 0 Å². The smallest absolute Gasteiger partial charge is 0.251 e. The molecule has 3 rings (SSSR count). The van der Waals surface area contributed by atoms with E-state index in [-0.39, 0.29) is 11.8 Å². The minimum absolute atomic E-state index is 0.0535. The van der Waals surface area contributed by atoms with Crippen LogP contribution in [-0.2, 0) is 23.2 Å². The molecule has 24 heavy (non-hydrogen) atoms. The number of likely N-dealkylation sites (tertiary alicyclic amines) is 1. The summed E-state index contributed by atoms with van der Waals surface area (Å²) in [5, 5.41) is 8.15. The molecule has 1 fully saturated rings. The zero-order chi connectivity index (χ0) is 16.9. The zero-order valence-electron chi connectivity index (χ0n) is 14.3. The Morgan fingerprint density at radius 1 is 1.38 bits per heavy atom. The van der Waals surface area contributed by atoms with E-state index in [9.17, 15) is 4.79 Å². The van der Waals surface area contributed by atoms with Crippen molar-refractivity contribution in [1.82, 2.24) is 19.7 Å². The molecule has 0 spiro atoms. The second kappa shape index (κ2) is 7.57. The van der Waals surface area contributed by atoms with Crippen LogP contribution >= 0.6 is 0 Å². The van der Waals surface area contributed by atoms with Gasteiger partial charge in [0, 0.05) is 26.1 Å². The van der Waals surface area contributed by atoms with Crippen molar-refractivity contribution >= 4 is 5.91 Å². The fourth-order valence-corrected chi connectivity index (χ4v) is 3.17. The van der Waals surface area contributed by atoms with Crippen LogP contribution in [0.3, 0.4) is 0 Å². The number of benzene rings is 1. The first-order valence-electron chi connectivity index (χ1n) is 8.43. The van der Waals surface area contributed by atoms with Gasteiger partial charge in [-0.15, -0.1) is 10.2 Å². The fraction of sp³-hybridized carbons (Fsp3) is 0.500. The van der Waals surface area contributed by atoms with Crippen LogP contribution in [0.15, 0.2) is 36.7 Å². The van der Waals surface area contributed by atoms with Crippen molar-refractivity contribution in [3.05, 3.63) is 48.0 Å². The Labute approximate surface area is 142 Å². The van der Waals surface area contributed by atoms with E-state index < -0.39 is 6.10 Å². The number of carbonyl (C=O) groups excluding carboxylic acids is 1. The summed E-state index contributed by atoms with van der Waals surface area (Å²) in [6.45, 7) is 3.75. The van der Waals surface area contributed by atoms with Crippen molar-refractivity contribution in [2.45, 2.75) is 38.4 Å². The quantitative estimate of drug-likeness (QED) is 0.843. The molecule has 0 saturated carbocycles. The molecular weight excluding hydrogens is 304 g/mol. The molecule has 2 aromatic rings. The maximum absolute atomic E-state index is 12.7. The van der Waals surface area contributed by atoms with Gasteiger partial charge in [-0.05, 0) is 25.3 Å². The van der Waals surface area contributed by atoms with Gasteiger partial charge >= 0.3 is 0 Å². The van der Waals surface area contributed by atoms with Gasteiger partial charge in [0.25, 0.3) is 5.91 Å². The van der Waals surface area contributed by atoms with Crippen LogP contribution in [0, 0.1) is 0 Å². The second-order valence-corrected chi connectivity index (χ2v) is 6.36. The molecule has 6 heteroatoms. The average molecular weight is 328 g/mol. The number of hydrogen-bond donors (Lipinski definition) is 0. The Balaban J connectivity index is 1.56. The number of aryl methyl sites for hydroxylation is 1. The predicted octanol–water partition coefficient (Wildman–Crippen LogP) is 2.13. The number of amides is 1. The number of piperidine rings is 1. The number of hydrogen-bond acceptors (Lipinski definition) is 4. The first-order chi connectivity index (χ1) is 11.6. The molecule has 6 nitrogen and oxygen atoms in total. The van der Waals surface area contributed by atoms with Crippen molar-refractivity contribution in [2.24, 2.45) is 7.05 Å². The van der Waals surface area contributed by atoms with Crippen LogP contribution in [-0.4, -0.2) is 44.8 Å². The molecule has 0 aliphatic carbocycles. The van der Waals surface area contributed by atoms with Crippen molar-refractivity contribution in [1.29, 1.82) is 0 Å². The summed E-state index contributed by atoms with van der Waals surface area (Å²) in [6, 6.07) is 9.92. The van der Waals surface area contributed by atoms with E-state index in [0.717, 1.165) is 30.8 Å². The van der Waals surface area contributed by atoms with E-state index in [1.54, 1.807) is 6.33 Å². The van der Waals surface area contributed by atoms with Gasteiger partial charge in [0.1, 0.15) is 18.3 Å². The van der Waals surface area contributed by atoms with Gasteiger partial charge in [-0.25, -0.2) is 0 Å². The van der Waals surface area contributed by atoms with Crippen molar-refractivity contribution in [2.75, 3.05) is 13.1 Å². The molecule has 1 aliphatic heterocycles. The molecule has 0 N–H and O–H groups in total. The molecule has 0 bridgehead atoms. The first-order valence-corrected chi connectivity index (χ1v) is 8.43. The molecule has 128 valence electrons. The van der Waals surface area contributed by atoms with E-state index in [4.69, 9.17) is 4.74 Å². The predicted molar refractivity (Wildman–Crippen MR) is 90.3 cm³/mol. The van der Waals surface area contributed by atoms with Crippen molar-refractivity contribution in [3.8, 4) is 0 Å². The Bertz CT molecular complexity index is 671. The van der Waals surface area contributed by atoms with Gasteiger partial charge in [0.15, 0.2) is 0 Å². The Kier molecular flexibility index (Phi) is 5.25. The van der Waals surface area contributed by atoms with Crippen LogP contribution < -0.4 is 0 Å². The van der Waals surface area contributed by atoms with E-state index >= 15 is 0 Å². The number of rotatable bonds is 5. The number of carbonyl (C=O) groups is 1. The highest BCUT2D eigenvalue weighted by atomic mass is 16.5. The Morgan fingerprint density at radius 3 is 2.88 bits per heavy atom. The SMILES string of the molecule is CC(OCc1ccccc1)C(=O)N1CCCC(c2nncn2C)C1. The summed E-state index contributed by atoms with van der Waals surface area (Å²) < 4.78 is 7.71. The normalized spacial score (nSPS) is 19.2. The second-order valence-electron chi connectivity index (χ2n) is 6.36. The molecule has 2 unspecified atom stereocenters. The third-order valence-corrected chi connectivity index (χ3v) is 4.54. The molecule has 1 aliphatic rings. The summed E-state index contributed by atoms with van der Waals surface area (Å²) in [4.78, 5) is 14.6. The monoisotopic (exact) mass is 328 g/mol. The molecule has 1 aromatic carbocycles.